The summed E-state index contributed by atoms with van der Waals surface area (Å²) >= 11 is 0. The predicted molar refractivity (Wildman–Crippen MR) is 53.0 cm³/mol. The van der Waals surface area contributed by atoms with Gasteiger partial charge in [-0.05, 0) is 25.5 Å². The lowest BCUT2D eigenvalue weighted by molar-refractivity contribution is -0.124. The van der Waals surface area contributed by atoms with Gasteiger partial charge in [0.05, 0.1) is 11.1 Å². The molecule has 3 heteroatoms. The average Bonchev–Trinajstić information content (AvgIpc) is 2.37. The van der Waals surface area contributed by atoms with E-state index in [9.17, 15) is 9.59 Å². The monoisotopic (exact) mass is 189 g/mol. The third-order valence-electron chi connectivity index (χ3n) is 2.70. The van der Waals surface area contributed by atoms with Gasteiger partial charge in [-0.15, -0.1) is 0 Å². The Bertz CT molecular complexity index is 410. The fraction of sp³-hybridized carbons (Fsp3) is 0.273. The molecule has 2 amide bonds. The van der Waals surface area contributed by atoms with Crippen LogP contribution in [0.3, 0.4) is 0 Å². The predicted octanol–water partition coefficient (Wildman–Crippen LogP) is 1.47. The third kappa shape index (κ3) is 0.923. The number of rotatable bonds is 1. The van der Waals surface area contributed by atoms with Gasteiger partial charge in [0.15, 0.2) is 0 Å². The van der Waals surface area contributed by atoms with Crippen molar-refractivity contribution in [2.45, 2.75) is 19.3 Å². The Kier molecular flexibility index (Phi) is 1.71. The van der Waals surface area contributed by atoms with E-state index in [0.29, 0.717) is 12.1 Å². The quantitative estimate of drug-likeness (QED) is 0.627. The van der Waals surface area contributed by atoms with Gasteiger partial charge in [-0.25, -0.2) is 0 Å². The summed E-state index contributed by atoms with van der Waals surface area (Å²) in [5, 5.41) is 0. The van der Waals surface area contributed by atoms with Crippen LogP contribution in [-0.4, -0.2) is 12.3 Å². The van der Waals surface area contributed by atoms with E-state index in [1.54, 1.807) is 6.07 Å². The molecule has 3 nitrogen and oxygen atoms in total. The second kappa shape index (κ2) is 2.67. The van der Waals surface area contributed by atoms with Crippen molar-refractivity contribution >= 4 is 18.0 Å². The molecule has 0 fully saturated rings. The van der Waals surface area contributed by atoms with Crippen LogP contribution < -0.4 is 4.90 Å². The number of nitrogens with zero attached hydrogens (tertiary/aromatic N) is 1. The highest BCUT2D eigenvalue weighted by molar-refractivity contribution is 6.17. The van der Waals surface area contributed by atoms with Gasteiger partial charge >= 0.3 is 0 Å². The first kappa shape index (κ1) is 8.94. The molecule has 2 rings (SSSR count). The van der Waals surface area contributed by atoms with Crippen molar-refractivity contribution in [3.05, 3.63) is 29.8 Å². The van der Waals surface area contributed by atoms with Gasteiger partial charge in [-0.1, -0.05) is 18.2 Å². The van der Waals surface area contributed by atoms with Crippen LogP contribution in [0, 0.1) is 0 Å². The molecule has 0 aliphatic carbocycles. The smallest absolute Gasteiger partial charge is 0.243 e. The summed E-state index contributed by atoms with van der Waals surface area (Å²) < 4.78 is 0. The SMILES string of the molecule is CC1(C)C(=O)N(C=O)c2ccccc21. The number of para-hydroxylation sites is 1. The zero-order chi connectivity index (χ0) is 10.3. The Hall–Kier alpha value is -1.64. The van der Waals surface area contributed by atoms with Crippen LogP contribution in [0.2, 0.25) is 0 Å². The molecule has 1 aliphatic heterocycles. The van der Waals surface area contributed by atoms with E-state index in [1.165, 1.54) is 4.90 Å². The van der Waals surface area contributed by atoms with Gasteiger partial charge in [0.1, 0.15) is 0 Å². The fourth-order valence-corrected chi connectivity index (χ4v) is 1.84. The fourth-order valence-electron chi connectivity index (χ4n) is 1.84. The minimum atomic E-state index is -0.586. The number of imide groups is 1. The maximum Gasteiger partial charge on any atom is 0.243 e. The summed E-state index contributed by atoms with van der Waals surface area (Å²) in [4.78, 5) is 23.8. The molecule has 0 saturated carbocycles. The second-order valence-corrected chi connectivity index (χ2v) is 3.92. The van der Waals surface area contributed by atoms with Crippen molar-refractivity contribution in [1.29, 1.82) is 0 Å². The molecule has 14 heavy (non-hydrogen) atoms. The average molecular weight is 189 g/mol. The highest BCUT2D eigenvalue weighted by Gasteiger charge is 2.43. The molecule has 0 spiro atoms. The number of benzene rings is 1. The highest BCUT2D eigenvalue weighted by Crippen LogP contribution is 2.40. The number of amides is 2. The maximum absolute atomic E-state index is 11.8. The van der Waals surface area contributed by atoms with E-state index in [0.717, 1.165) is 5.56 Å². The van der Waals surface area contributed by atoms with Gasteiger partial charge in [-0.3, -0.25) is 14.5 Å². The molecule has 0 saturated heterocycles. The normalized spacial score (nSPS) is 18.1. The zero-order valence-corrected chi connectivity index (χ0v) is 8.15. The van der Waals surface area contributed by atoms with Crippen molar-refractivity contribution in [2.75, 3.05) is 4.90 Å². The van der Waals surface area contributed by atoms with Crippen LogP contribution in [0.15, 0.2) is 24.3 Å². The van der Waals surface area contributed by atoms with E-state index in [4.69, 9.17) is 0 Å². The lowest BCUT2D eigenvalue weighted by Gasteiger charge is -2.15. The molecule has 0 N–H and O–H groups in total. The summed E-state index contributed by atoms with van der Waals surface area (Å²) in [6, 6.07) is 7.37. The lowest BCUT2D eigenvalue weighted by Crippen LogP contribution is -2.35. The van der Waals surface area contributed by atoms with E-state index < -0.39 is 5.41 Å². The standard InChI is InChI=1S/C11H11NO2/c1-11(2)8-5-3-4-6-9(8)12(7-13)10(11)14/h3-7H,1-2H3. The minimum absolute atomic E-state index is 0.159. The number of fused-ring (bicyclic) bond motifs is 1. The van der Waals surface area contributed by atoms with Crippen molar-refractivity contribution in [1.82, 2.24) is 0 Å². The number of anilines is 1. The van der Waals surface area contributed by atoms with Crippen LogP contribution in [-0.2, 0) is 15.0 Å². The summed E-state index contributed by atoms with van der Waals surface area (Å²) in [5.74, 6) is -0.159. The molecular weight excluding hydrogens is 178 g/mol. The first-order chi connectivity index (χ1) is 6.59. The number of hydrogen-bond acceptors (Lipinski definition) is 2. The first-order valence-electron chi connectivity index (χ1n) is 4.47. The summed E-state index contributed by atoms with van der Waals surface area (Å²) in [5.41, 5.74) is 1.03. The van der Waals surface area contributed by atoms with Crippen LogP contribution in [0.5, 0.6) is 0 Å². The summed E-state index contributed by atoms with van der Waals surface area (Å²) in [7, 11) is 0. The van der Waals surface area contributed by atoms with Crippen LogP contribution in [0.25, 0.3) is 0 Å². The first-order valence-corrected chi connectivity index (χ1v) is 4.47. The second-order valence-electron chi connectivity index (χ2n) is 3.92. The summed E-state index contributed by atoms with van der Waals surface area (Å²) in [6.07, 6.45) is 0.579. The van der Waals surface area contributed by atoms with E-state index >= 15 is 0 Å². The lowest BCUT2D eigenvalue weighted by atomic mass is 9.86. The molecule has 1 aromatic rings. The maximum atomic E-state index is 11.8. The Balaban J connectivity index is 2.68. The molecule has 1 heterocycles. The Morgan fingerprint density at radius 1 is 1.29 bits per heavy atom. The van der Waals surface area contributed by atoms with Gasteiger partial charge in [0, 0.05) is 0 Å². The number of carbonyl (C=O) groups is 2. The van der Waals surface area contributed by atoms with Gasteiger partial charge < -0.3 is 0 Å². The van der Waals surface area contributed by atoms with E-state index in [2.05, 4.69) is 0 Å². The number of carbonyl (C=O) groups excluding carboxylic acids is 2. The highest BCUT2D eigenvalue weighted by atomic mass is 16.2. The molecule has 0 atom stereocenters. The Morgan fingerprint density at radius 3 is 2.57 bits per heavy atom. The molecule has 0 unspecified atom stereocenters. The molecule has 0 radical (unpaired) electrons. The van der Waals surface area contributed by atoms with Gasteiger partial charge in [0.2, 0.25) is 12.3 Å². The minimum Gasteiger partial charge on any atom is -0.278 e. The van der Waals surface area contributed by atoms with E-state index in [-0.39, 0.29) is 5.91 Å². The molecule has 1 aliphatic rings. The van der Waals surface area contributed by atoms with Crippen LogP contribution in [0.4, 0.5) is 5.69 Å². The van der Waals surface area contributed by atoms with Crippen LogP contribution >= 0.6 is 0 Å². The zero-order valence-electron chi connectivity index (χ0n) is 8.15. The van der Waals surface area contributed by atoms with Gasteiger partial charge in [-0.2, -0.15) is 0 Å². The van der Waals surface area contributed by atoms with Crippen LogP contribution in [0.1, 0.15) is 19.4 Å². The molecule has 0 aromatic heterocycles. The Labute approximate surface area is 82.3 Å². The summed E-state index contributed by atoms with van der Waals surface area (Å²) in [6.45, 7) is 3.66. The largest absolute Gasteiger partial charge is 0.278 e. The third-order valence-corrected chi connectivity index (χ3v) is 2.70. The molecular formula is C11H11NO2. The molecule has 0 bridgehead atoms. The van der Waals surface area contributed by atoms with Crippen molar-refractivity contribution in [3.8, 4) is 0 Å². The molecule has 72 valence electrons. The topological polar surface area (TPSA) is 37.4 Å². The van der Waals surface area contributed by atoms with Gasteiger partial charge in [0.25, 0.3) is 0 Å². The Morgan fingerprint density at radius 2 is 1.93 bits per heavy atom. The van der Waals surface area contributed by atoms with E-state index in [1.807, 2.05) is 32.0 Å². The molecule has 1 aromatic carbocycles. The van der Waals surface area contributed by atoms with Crippen molar-refractivity contribution < 1.29 is 9.59 Å². The van der Waals surface area contributed by atoms with Crippen molar-refractivity contribution in [3.63, 3.8) is 0 Å². The van der Waals surface area contributed by atoms with Crippen molar-refractivity contribution in [2.24, 2.45) is 0 Å². The number of hydrogen-bond donors (Lipinski definition) is 0.